The zero-order valence-corrected chi connectivity index (χ0v) is 12.3. The fourth-order valence-corrected chi connectivity index (χ4v) is 1.78. The standard InChI is InChI=1S/C13H17ClN2O4/c1-4-13(2,3)7-15-11-9(12(17)18)5-8(16(19)20)6-10(11)14/h5-6,15H,4,7H2,1-3H3,(H,17,18). The van der Waals surface area contributed by atoms with Gasteiger partial charge < -0.3 is 10.4 Å². The van der Waals surface area contributed by atoms with Gasteiger partial charge in [0.15, 0.2) is 0 Å². The van der Waals surface area contributed by atoms with Gasteiger partial charge in [0.25, 0.3) is 5.69 Å². The number of carboxylic acids is 1. The highest BCUT2D eigenvalue weighted by atomic mass is 35.5. The van der Waals surface area contributed by atoms with Crippen molar-refractivity contribution in [3.8, 4) is 0 Å². The molecule has 0 unspecified atom stereocenters. The second kappa shape index (κ2) is 6.09. The third-order valence-corrected chi connectivity index (χ3v) is 3.52. The van der Waals surface area contributed by atoms with Gasteiger partial charge in [-0.3, -0.25) is 10.1 Å². The summed E-state index contributed by atoms with van der Waals surface area (Å²) >= 11 is 5.96. The summed E-state index contributed by atoms with van der Waals surface area (Å²) in [5.41, 5.74) is -0.365. The van der Waals surface area contributed by atoms with E-state index in [4.69, 9.17) is 16.7 Å². The van der Waals surface area contributed by atoms with E-state index >= 15 is 0 Å². The first kappa shape index (κ1) is 16.2. The molecule has 0 aliphatic carbocycles. The lowest BCUT2D eigenvalue weighted by Gasteiger charge is -2.24. The highest BCUT2D eigenvalue weighted by Gasteiger charge is 2.22. The van der Waals surface area contributed by atoms with Crippen LogP contribution in [0.25, 0.3) is 0 Å². The Kier molecular flexibility index (Phi) is 4.94. The van der Waals surface area contributed by atoms with E-state index in [9.17, 15) is 14.9 Å². The van der Waals surface area contributed by atoms with Crippen LogP contribution in [0.5, 0.6) is 0 Å². The number of hydrogen-bond donors (Lipinski definition) is 2. The maximum atomic E-state index is 11.2. The van der Waals surface area contributed by atoms with Crippen LogP contribution in [0.2, 0.25) is 5.02 Å². The maximum absolute atomic E-state index is 11.2. The number of anilines is 1. The molecular formula is C13H17ClN2O4. The number of nitrogens with zero attached hydrogens (tertiary/aromatic N) is 1. The molecule has 0 aliphatic heterocycles. The number of nitro benzene ring substituents is 1. The summed E-state index contributed by atoms with van der Waals surface area (Å²) in [5, 5.41) is 22.9. The van der Waals surface area contributed by atoms with Crippen LogP contribution in [-0.4, -0.2) is 22.5 Å². The number of benzene rings is 1. The smallest absolute Gasteiger partial charge is 0.338 e. The van der Waals surface area contributed by atoms with Crippen molar-refractivity contribution in [1.82, 2.24) is 0 Å². The first-order valence-electron chi connectivity index (χ1n) is 6.13. The highest BCUT2D eigenvalue weighted by Crippen LogP contribution is 2.32. The topological polar surface area (TPSA) is 92.5 Å². The molecule has 0 spiro atoms. The monoisotopic (exact) mass is 300 g/mol. The van der Waals surface area contributed by atoms with Gasteiger partial charge in [-0.2, -0.15) is 0 Å². The molecule has 0 heterocycles. The van der Waals surface area contributed by atoms with Crippen molar-refractivity contribution in [3.63, 3.8) is 0 Å². The number of hydrogen-bond acceptors (Lipinski definition) is 4. The molecule has 110 valence electrons. The predicted molar refractivity (Wildman–Crippen MR) is 77.6 cm³/mol. The number of carboxylic acid groups (broad SMARTS) is 1. The number of non-ortho nitro benzene ring substituents is 1. The van der Waals surface area contributed by atoms with E-state index < -0.39 is 10.9 Å². The third-order valence-electron chi connectivity index (χ3n) is 3.22. The lowest BCUT2D eigenvalue weighted by molar-refractivity contribution is -0.384. The van der Waals surface area contributed by atoms with E-state index in [0.29, 0.717) is 6.54 Å². The molecule has 0 aliphatic rings. The average Bonchev–Trinajstić information content (AvgIpc) is 2.36. The van der Waals surface area contributed by atoms with Gasteiger partial charge in [-0.25, -0.2) is 4.79 Å². The molecule has 6 nitrogen and oxygen atoms in total. The fourth-order valence-electron chi connectivity index (χ4n) is 1.50. The fraction of sp³-hybridized carbons (Fsp3) is 0.462. The Labute approximate surface area is 121 Å². The molecule has 1 aromatic rings. The normalized spacial score (nSPS) is 11.2. The molecule has 0 bridgehead atoms. The number of halogens is 1. The van der Waals surface area contributed by atoms with Crippen LogP contribution in [-0.2, 0) is 0 Å². The van der Waals surface area contributed by atoms with Gasteiger partial charge in [0.1, 0.15) is 0 Å². The molecule has 0 radical (unpaired) electrons. The molecule has 0 saturated heterocycles. The predicted octanol–water partition coefficient (Wildman–Crippen LogP) is 3.79. The van der Waals surface area contributed by atoms with Crippen LogP contribution in [0, 0.1) is 15.5 Å². The number of aromatic carboxylic acids is 1. The van der Waals surface area contributed by atoms with E-state index in [-0.39, 0.29) is 27.4 Å². The van der Waals surface area contributed by atoms with E-state index in [2.05, 4.69) is 5.32 Å². The molecular weight excluding hydrogens is 284 g/mol. The molecule has 0 aromatic heterocycles. The number of nitrogens with one attached hydrogen (secondary N) is 1. The Bertz CT molecular complexity index is 543. The summed E-state index contributed by atoms with van der Waals surface area (Å²) in [6.07, 6.45) is 0.896. The first-order valence-corrected chi connectivity index (χ1v) is 6.51. The van der Waals surface area contributed by atoms with Crippen molar-refractivity contribution < 1.29 is 14.8 Å². The van der Waals surface area contributed by atoms with Crippen molar-refractivity contribution in [1.29, 1.82) is 0 Å². The Morgan fingerprint density at radius 2 is 2.10 bits per heavy atom. The van der Waals surface area contributed by atoms with Crippen LogP contribution in [0.15, 0.2) is 12.1 Å². The minimum atomic E-state index is -1.26. The Morgan fingerprint density at radius 3 is 2.55 bits per heavy atom. The van der Waals surface area contributed by atoms with Gasteiger partial charge in [0.05, 0.1) is 21.2 Å². The summed E-state index contributed by atoms with van der Waals surface area (Å²) in [5.74, 6) is -1.26. The lowest BCUT2D eigenvalue weighted by atomic mass is 9.90. The van der Waals surface area contributed by atoms with Crippen LogP contribution in [0.4, 0.5) is 11.4 Å². The molecule has 0 saturated carbocycles. The SMILES string of the molecule is CCC(C)(C)CNc1c(Cl)cc([N+](=O)[O-])cc1C(=O)O. The van der Waals surface area contributed by atoms with Crippen LogP contribution >= 0.6 is 11.6 Å². The Balaban J connectivity index is 3.18. The minimum absolute atomic E-state index is 0.0310. The summed E-state index contributed by atoms with van der Waals surface area (Å²) in [6.45, 7) is 6.60. The van der Waals surface area contributed by atoms with Gasteiger partial charge in [0.2, 0.25) is 0 Å². The quantitative estimate of drug-likeness (QED) is 0.616. The van der Waals surface area contributed by atoms with Crippen molar-refractivity contribution in [2.75, 3.05) is 11.9 Å². The zero-order chi connectivity index (χ0) is 15.5. The van der Waals surface area contributed by atoms with Crippen molar-refractivity contribution >= 4 is 28.9 Å². The van der Waals surface area contributed by atoms with Crippen LogP contribution < -0.4 is 5.32 Å². The van der Waals surface area contributed by atoms with Gasteiger partial charge in [-0.05, 0) is 11.8 Å². The molecule has 20 heavy (non-hydrogen) atoms. The second-order valence-corrected chi connectivity index (χ2v) is 5.69. The molecule has 0 atom stereocenters. The average molecular weight is 301 g/mol. The number of rotatable bonds is 6. The first-order chi connectivity index (χ1) is 9.18. The molecule has 0 fully saturated rings. The van der Waals surface area contributed by atoms with Gasteiger partial charge >= 0.3 is 5.97 Å². The van der Waals surface area contributed by atoms with Gasteiger partial charge in [0, 0.05) is 18.7 Å². The highest BCUT2D eigenvalue weighted by molar-refractivity contribution is 6.34. The van der Waals surface area contributed by atoms with Crippen LogP contribution in [0.3, 0.4) is 0 Å². The molecule has 0 amide bonds. The van der Waals surface area contributed by atoms with E-state index in [1.807, 2.05) is 20.8 Å². The van der Waals surface area contributed by atoms with E-state index in [0.717, 1.165) is 18.6 Å². The van der Waals surface area contributed by atoms with Crippen molar-refractivity contribution in [3.05, 3.63) is 32.8 Å². The Hall–Kier alpha value is -1.82. The maximum Gasteiger partial charge on any atom is 0.338 e. The van der Waals surface area contributed by atoms with E-state index in [1.54, 1.807) is 0 Å². The summed E-state index contributed by atoms with van der Waals surface area (Å²) < 4.78 is 0. The van der Waals surface area contributed by atoms with Crippen molar-refractivity contribution in [2.45, 2.75) is 27.2 Å². The molecule has 7 heteroatoms. The number of nitro groups is 1. The Morgan fingerprint density at radius 1 is 1.50 bits per heavy atom. The van der Waals surface area contributed by atoms with Gasteiger partial charge in [-0.15, -0.1) is 0 Å². The van der Waals surface area contributed by atoms with Gasteiger partial charge in [-0.1, -0.05) is 32.4 Å². The zero-order valence-electron chi connectivity index (χ0n) is 11.6. The van der Waals surface area contributed by atoms with E-state index in [1.165, 1.54) is 0 Å². The molecule has 2 N–H and O–H groups in total. The number of carbonyl (C=O) groups is 1. The van der Waals surface area contributed by atoms with Crippen molar-refractivity contribution in [2.24, 2.45) is 5.41 Å². The molecule has 1 rings (SSSR count). The summed E-state index contributed by atoms with van der Waals surface area (Å²) in [7, 11) is 0. The second-order valence-electron chi connectivity index (χ2n) is 5.28. The molecule has 1 aromatic carbocycles. The summed E-state index contributed by atoms with van der Waals surface area (Å²) in [4.78, 5) is 21.3. The largest absolute Gasteiger partial charge is 0.478 e. The minimum Gasteiger partial charge on any atom is -0.478 e. The summed E-state index contributed by atoms with van der Waals surface area (Å²) in [6, 6.07) is 2.16. The lowest BCUT2D eigenvalue weighted by Crippen LogP contribution is -2.23. The third kappa shape index (κ3) is 3.84. The van der Waals surface area contributed by atoms with Crippen LogP contribution in [0.1, 0.15) is 37.6 Å².